The van der Waals surface area contributed by atoms with E-state index in [4.69, 9.17) is 0 Å². The third-order valence-electron chi connectivity index (χ3n) is 4.18. The molecule has 1 aromatic carbocycles. The van der Waals surface area contributed by atoms with E-state index in [-0.39, 0.29) is 5.91 Å². The zero-order valence-electron chi connectivity index (χ0n) is 12.9. The van der Waals surface area contributed by atoms with Crippen molar-refractivity contribution >= 4 is 5.91 Å². The van der Waals surface area contributed by atoms with Gasteiger partial charge in [-0.1, -0.05) is 23.8 Å². The first-order valence-corrected chi connectivity index (χ1v) is 7.67. The zero-order chi connectivity index (χ0) is 14.5. The highest BCUT2D eigenvalue weighted by Gasteiger charge is 2.20. The molecule has 110 valence electrons. The predicted octanol–water partition coefficient (Wildman–Crippen LogP) is 2.45. The van der Waals surface area contributed by atoms with Gasteiger partial charge in [0.05, 0.1) is 6.42 Å². The number of likely N-dealkylation sites (N-methyl/N-ethyl adjacent to an activating group) is 1. The molecule has 1 aliphatic heterocycles. The number of rotatable bonds is 5. The molecule has 1 atom stereocenters. The van der Waals surface area contributed by atoms with E-state index >= 15 is 0 Å². The number of carbonyl (C=O) groups excluding carboxylic acids is 1. The van der Waals surface area contributed by atoms with Crippen molar-refractivity contribution in [3.8, 4) is 0 Å². The molecule has 1 heterocycles. The molecule has 0 spiro atoms. The van der Waals surface area contributed by atoms with Gasteiger partial charge >= 0.3 is 0 Å². The van der Waals surface area contributed by atoms with Gasteiger partial charge in [-0.2, -0.15) is 0 Å². The van der Waals surface area contributed by atoms with Gasteiger partial charge in [-0.3, -0.25) is 4.79 Å². The molecule has 1 N–H and O–H groups in total. The predicted molar refractivity (Wildman–Crippen MR) is 82.9 cm³/mol. The Labute approximate surface area is 122 Å². The molecule has 0 bridgehead atoms. The first-order chi connectivity index (χ1) is 9.60. The van der Waals surface area contributed by atoms with Gasteiger partial charge < -0.3 is 10.2 Å². The lowest BCUT2D eigenvalue weighted by atomic mass is 10.0. The van der Waals surface area contributed by atoms with E-state index in [1.165, 1.54) is 24.0 Å². The molecule has 1 amide bonds. The van der Waals surface area contributed by atoms with E-state index in [9.17, 15) is 4.79 Å². The minimum atomic E-state index is 0.245. The van der Waals surface area contributed by atoms with Crippen molar-refractivity contribution in [1.82, 2.24) is 10.2 Å². The maximum Gasteiger partial charge on any atom is 0.227 e. The Morgan fingerprint density at radius 1 is 1.40 bits per heavy atom. The molecule has 3 heteroatoms. The van der Waals surface area contributed by atoms with Gasteiger partial charge in [0.1, 0.15) is 0 Å². The standard InChI is InChI=1S/C17H26N2O/c1-4-19(12-16-6-5-9-18-16)17(20)11-15-10-13(2)7-8-14(15)3/h7-8,10,16,18H,4-6,9,11-12H2,1-3H3. The highest BCUT2D eigenvalue weighted by molar-refractivity contribution is 5.79. The molecule has 3 nitrogen and oxygen atoms in total. The third kappa shape index (κ3) is 3.83. The number of nitrogens with one attached hydrogen (secondary N) is 1. The highest BCUT2D eigenvalue weighted by Crippen LogP contribution is 2.14. The maximum atomic E-state index is 12.5. The summed E-state index contributed by atoms with van der Waals surface area (Å²) >= 11 is 0. The summed E-state index contributed by atoms with van der Waals surface area (Å²) in [6.45, 7) is 8.95. The quantitative estimate of drug-likeness (QED) is 0.894. The normalized spacial score (nSPS) is 18.2. The minimum absolute atomic E-state index is 0.245. The summed E-state index contributed by atoms with van der Waals surface area (Å²) in [6.07, 6.45) is 2.94. The van der Waals surface area contributed by atoms with Gasteiger partial charge in [-0.05, 0) is 51.3 Å². The van der Waals surface area contributed by atoms with Crippen LogP contribution in [0.2, 0.25) is 0 Å². The van der Waals surface area contributed by atoms with Crippen LogP contribution in [-0.4, -0.2) is 36.5 Å². The Hall–Kier alpha value is -1.35. The summed E-state index contributed by atoms with van der Waals surface area (Å²) < 4.78 is 0. The maximum absolute atomic E-state index is 12.5. The Kier molecular flexibility index (Phi) is 5.18. The summed E-state index contributed by atoms with van der Waals surface area (Å²) in [5.41, 5.74) is 3.59. The van der Waals surface area contributed by atoms with Crippen LogP contribution in [0.4, 0.5) is 0 Å². The van der Waals surface area contributed by atoms with E-state index < -0.39 is 0 Å². The third-order valence-corrected chi connectivity index (χ3v) is 4.18. The van der Waals surface area contributed by atoms with E-state index in [0.29, 0.717) is 12.5 Å². The van der Waals surface area contributed by atoms with Gasteiger partial charge in [0.2, 0.25) is 5.91 Å². The molecule has 1 saturated heterocycles. The Balaban J connectivity index is 1.99. The largest absolute Gasteiger partial charge is 0.341 e. The molecule has 0 aliphatic carbocycles. The Morgan fingerprint density at radius 3 is 2.85 bits per heavy atom. The fraction of sp³-hybridized carbons (Fsp3) is 0.588. The fourth-order valence-corrected chi connectivity index (χ4v) is 2.85. The molecular formula is C17H26N2O. The van der Waals surface area contributed by atoms with E-state index in [0.717, 1.165) is 25.2 Å². The van der Waals surface area contributed by atoms with E-state index in [2.05, 4.69) is 44.3 Å². The first kappa shape index (κ1) is 15.0. The Morgan fingerprint density at radius 2 is 2.20 bits per heavy atom. The monoisotopic (exact) mass is 274 g/mol. The topological polar surface area (TPSA) is 32.3 Å². The zero-order valence-corrected chi connectivity index (χ0v) is 12.9. The molecule has 1 aromatic rings. The van der Waals surface area contributed by atoms with Crippen molar-refractivity contribution in [3.05, 3.63) is 34.9 Å². The van der Waals surface area contributed by atoms with Gasteiger partial charge in [-0.15, -0.1) is 0 Å². The second kappa shape index (κ2) is 6.89. The van der Waals surface area contributed by atoms with Crippen LogP contribution >= 0.6 is 0 Å². The van der Waals surface area contributed by atoms with Crippen molar-refractivity contribution in [2.24, 2.45) is 0 Å². The number of benzene rings is 1. The van der Waals surface area contributed by atoms with Crippen LogP contribution < -0.4 is 5.32 Å². The second-order valence-corrected chi connectivity index (χ2v) is 5.83. The number of aryl methyl sites for hydroxylation is 2. The van der Waals surface area contributed by atoms with Crippen molar-refractivity contribution < 1.29 is 4.79 Å². The van der Waals surface area contributed by atoms with Crippen LogP contribution in [-0.2, 0) is 11.2 Å². The average Bonchev–Trinajstić information content (AvgIpc) is 2.93. The number of hydrogen-bond donors (Lipinski definition) is 1. The summed E-state index contributed by atoms with van der Waals surface area (Å²) in [4.78, 5) is 14.5. The van der Waals surface area contributed by atoms with Gasteiger partial charge in [0.15, 0.2) is 0 Å². The van der Waals surface area contributed by atoms with Gasteiger partial charge in [-0.25, -0.2) is 0 Å². The van der Waals surface area contributed by atoms with Gasteiger partial charge in [0.25, 0.3) is 0 Å². The number of hydrogen-bond acceptors (Lipinski definition) is 2. The van der Waals surface area contributed by atoms with E-state index in [1.807, 2.05) is 4.90 Å². The minimum Gasteiger partial charge on any atom is -0.341 e. The molecule has 1 unspecified atom stereocenters. The van der Waals surface area contributed by atoms with Crippen LogP contribution in [0.1, 0.15) is 36.5 Å². The molecule has 2 rings (SSSR count). The number of nitrogens with zero attached hydrogens (tertiary/aromatic N) is 1. The van der Waals surface area contributed by atoms with Gasteiger partial charge in [0, 0.05) is 19.1 Å². The summed E-state index contributed by atoms with van der Waals surface area (Å²) in [5, 5.41) is 3.47. The molecule has 0 saturated carbocycles. The highest BCUT2D eigenvalue weighted by atomic mass is 16.2. The molecule has 0 aromatic heterocycles. The van der Waals surface area contributed by atoms with Crippen molar-refractivity contribution in [1.29, 1.82) is 0 Å². The molecule has 0 radical (unpaired) electrons. The first-order valence-electron chi connectivity index (χ1n) is 7.67. The van der Waals surface area contributed by atoms with Crippen LogP contribution in [0.25, 0.3) is 0 Å². The van der Waals surface area contributed by atoms with Crippen LogP contribution in [0.3, 0.4) is 0 Å². The summed E-state index contributed by atoms with van der Waals surface area (Å²) in [7, 11) is 0. The fourth-order valence-electron chi connectivity index (χ4n) is 2.85. The van der Waals surface area contributed by atoms with Crippen molar-refractivity contribution in [2.45, 2.75) is 46.1 Å². The van der Waals surface area contributed by atoms with Crippen LogP contribution in [0.5, 0.6) is 0 Å². The Bertz CT molecular complexity index is 464. The molecule has 20 heavy (non-hydrogen) atoms. The summed E-state index contributed by atoms with van der Waals surface area (Å²) in [6, 6.07) is 6.82. The van der Waals surface area contributed by atoms with Crippen molar-refractivity contribution in [2.75, 3.05) is 19.6 Å². The SMILES string of the molecule is CCN(CC1CCCN1)C(=O)Cc1cc(C)ccc1C. The lowest BCUT2D eigenvalue weighted by molar-refractivity contribution is -0.130. The van der Waals surface area contributed by atoms with E-state index in [1.54, 1.807) is 0 Å². The lowest BCUT2D eigenvalue weighted by Crippen LogP contribution is -2.41. The van der Waals surface area contributed by atoms with Crippen molar-refractivity contribution in [3.63, 3.8) is 0 Å². The second-order valence-electron chi connectivity index (χ2n) is 5.83. The number of carbonyl (C=O) groups is 1. The molecular weight excluding hydrogens is 248 g/mol. The lowest BCUT2D eigenvalue weighted by Gasteiger charge is -2.25. The molecule has 1 aliphatic rings. The average molecular weight is 274 g/mol. The van der Waals surface area contributed by atoms with Crippen LogP contribution in [0, 0.1) is 13.8 Å². The van der Waals surface area contributed by atoms with Crippen LogP contribution in [0.15, 0.2) is 18.2 Å². The summed E-state index contributed by atoms with van der Waals surface area (Å²) in [5.74, 6) is 0.245. The number of amides is 1. The molecule has 1 fully saturated rings. The smallest absolute Gasteiger partial charge is 0.227 e.